The molecular weight excluding hydrogens is 299 g/mol. The van der Waals surface area contributed by atoms with Gasteiger partial charge in [-0.3, -0.25) is 4.57 Å². The molecule has 0 saturated heterocycles. The smallest absolute Gasteiger partial charge is 0.337 e. The predicted molar refractivity (Wildman–Crippen MR) is 74.8 cm³/mol. The van der Waals surface area contributed by atoms with Crippen molar-refractivity contribution in [1.29, 1.82) is 5.26 Å². The van der Waals surface area contributed by atoms with E-state index < -0.39 is 17.3 Å². The summed E-state index contributed by atoms with van der Waals surface area (Å²) >= 11 is 5.13. The van der Waals surface area contributed by atoms with Crippen LogP contribution in [0.4, 0.5) is 13.2 Å². The fraction of sp³-hybridized carbons (Fsp3) is 0.286. The van der Waals surface area contributed by atoms with Crippen molar-refractivity contribution in [1.82, 2.24) is 9.55 Å². The predicted octanol–water partition coefficient (Wildman–Crippen LogP) is 4.55. The number of rotatable bonds is 2. The summed E-state index contributed by atoms with van der Waals surface area (Å²) in [6.45, 7) is 3.84. The second-order valence-electron chi connectivity index (χ2n) is 4.85. The molecule has 0 saturated carbocycles. The molecule has 0 bridgehead atoms. The Morgan fingerprint density at radius 3 is 2.52 bits per heavy atom. The van der Waals surface area contributed by atoms with E-state index in [0.29, 0.717) is 4.77 Å². The number of imidazole rings is 1. The Bertz CT molecular complexity index is 763. The molecule has 0 aliphatic heterocycles. The molecule has 0 spiro atoms. The molecule has 3 nitrogen and oxygen atoms in total. The van der Waals surface area contributed by atoms with Crippen molar-refractivity contribution in [2.45, 2.75) is 25.9 Å². The summed E-state index contributed by atoms with van der Waals surface area (Å²) in [6.07, 6.45) is -2.91. The first-order valence-corrected chi connectivity index (χ1v) is 6.58. The molecule has 2 aromatic rings. The zero-order chi connectivity index (χ0) is 15.8. The lowest BCUT2D eigenvalue weighted by Crippen LogP contribution is -2.10. The molecule has 0 fully saturated rings. The lowest BCUT2D eigenvalue weighted by molar-refractivity contribution is -0.137. The number of H-pyrrole nitrogens is 1. The Morgan fingerprint density at radius 1 is 1.33 bits per heavy atom. The SMILES string of the molecule is CC(C)c1c[nH]c(=S)n1-c1ccc(C#N)c(C(F)(F)F)c1. The van der Waals surface area contributed by atoms with Gasteiger partial charge in [0.1, 0.15) is 0 Å². The van der Waals surface area contributed by atoms with E-state index in [1.54, 1.807) is 16.8 Å². The highest BCUT2D eigenvalue weighted by molar-refractivity contribution is 7.71. The number of nitriles is 1. The Morgan fingerprint density at radius 2 is 2.00 bits per heavy atom. The van der Waals surface area contributed by atoms with E-state index in [1.807, 2.05) is 13.8 Å². The second-order valence-corrected chi connectivity index (χ2v) is 5.23. The summed E-state index contributed by atoms with van der Waals surface area (Å²) < 4.78 is 40.9. The molecular formula is C14H12F3N3S. The van der Waals surface area contributed by atoms with Gasteiger partial charge in [-0.15, -0.1) is 0 Å². The highest BCUT2D eigenvalue weighted by Gasteiger charge is 2.34. The summed E-state index contributed by atoms with van der Waals surface area (Å²) in [6, 6.07) is 5.14. The monoisotopic (exact) mass is 311 g/mol. The normalized spacial score (nSPS) is 11.7. The summed E-state index contributed by atoms with van der Waals surface area (Å²) in [7, 11) is 0. The lowest BCUT2D eigenvalue weighted by atomic mass is 10.1. The third-order valence-corrected chi connectivity index (χ3v) is 3.38. The average molecular weight is 311 g/mol. The van der Waals surface area contributed by atoms with Gasteiger partial charge in [-0.1, -0.05) is 13.8 Å². The highest BCUT2D eigenvalue weighted by Crippen LogP contribution is 2.33. The van der Waals surface area contributed by atoms with Gasteiger partial charge < -0.3 is 4.98 Å². The van der Waals surface area contributed by atoms with Crippen LogP contribution < -0.4 is 0 Å². The van der Waals surface area contributed by atoms with Crippen molar-refractivity contribution in [3.63, 3.8) is 0 Å². The number of halogens is 3. The molecule has 1 heterocycles. The van der Waals surface area contributed by atoms with Crippen LogP contribution in [0.1, 0.15) is 36.6 Å². The molecule has 110 valence electrons. The van der Waals surface area contributed by atoms with E-state index in [1.165, 1.54) is 6.07 Å². The fourth-order valence-corrected chi connectivity index (χ4v) is 2.35. The van der Waals surface area contributed by atoms with E-state index in [4.69, 9.17) is 17.5 Å². The molecule has 7 heteroatoms. The van der Waals surface area contributed by atoms with Crippen LogP contribution in [0.3, 0.4) is 0 Å². The quantitative estimate of drug-likeness (QED) is 0.827. The van der Waals surface area contributed by atoms with Crippen molar-refractivity contribution in [2.24, 2.45) is 0 Å². The summed E-state index contributed by atoms with van der Waals surface area (Å²) in [5.41, 5.74) is -0.297. The Balaban J connectivity index is 2.71. The summed E-state index contributed by atoms with van der Waals surface area (Å²) in [5, 5.41) is 8.82. The molecule has 0 aliphatic rings. The van der Waals surface area contributed by atoms with Crippen LogP contribution in [0.25, 0.3) is 5.69 Å². The van der Waals surface area contributed by atoms with Gasteiger partial charge in [0, 0.05) is 17.6 Å². The van der Waals surface area contributed by atoms with Gasteiger partial charge in [0.15, 0.2) is 4.77 Å². The van der Waals surface area contributed by atoms with Crippen LogP contribution in [-0.2, 0) is 6.18 Å². The van der Waals surface area contributed by atoms with Crippen molar-refractivity contribution < 1.29 is 13.2 Å². The fourth-order valence-electron chi connectivity index (χ4n) is 2.08. The molecule has 1 aromatic heterocycles. The average Bonchev–Trinajstić information content (AvgIpc) is 2.79. The van der Waals surface area contributed by atoms with Crippen molar-refractivity contribution in [3.05, 3.63) is 46.0 Å². The van der Waals surface area contributed by atoms with Gasteiger partial charge in [-0.05, 0) is 36.3 Å². The first-order valence-electron chi connectivity index (χ1n) is 6.17. The summed E-state index contributed by atoms with van der Waals surface area (Å²) in [4.78, 5) is 2.84. The number of hydrogen-bond donors (Lipinski definition) is 1. The van der Waals surface area contributed by atoms with E-state index in [2.05, 4.69) is 4.98 Å². The van der Waals surface area contributed by atoms with Gasteiger partial charge >= 0.3 is 6.18 Å². The molecule has 21 heavy (non-hydrogen) atoms. The van der Waals surface area contributed by atoms with Crippen molar-refractivity contribution >= 4 is 12.2 Å². The second kappa shape index (κ2) is 5.37. The lowest BCUT2D eigenvalue weighted by Gasteiger charge is -2.14. The Hall–Kier alpha value is -2.07. The van der Waals surface area contributed by atoms with Crippen LogP contribution in [0.2, 0.25) is 0 Å². The molecule has 2 rings (SSSR count). The number of aromatic amines is 1. The van der Waals surface area contributed by atoms with Crippen LogP contribution in [-0.4, -0.2) is 9.55 Å². The number of aromatic nitrogens is 2. The van der Waals surface area contributed by atoms with Crippen molar-refractivity contribution in [2.75, 3.05) is 0 Å². The van der Waals surface area contributed by atoms with Gasteiger partial charge in [-0.25, -0.2) is 0 Å². The zero-order valence-electron chi connectivity index (χ0n) is 11.3. The molecule has 1 aromatic carbocycles. The largest absolute Gasteiger partial charge is 0.417 e. The Kier molecular flexibility index (Phi) is 3.92. The maximum Gasteiger partial charge on any atom is 0.417 e. The minimum absolute atomic E-state index is 0.0860. The highest BCUT2D eigenvalue weighted by atomic mass is 32.1. The molecule has 0 unspecified atom stereocenters. The van der Waals surface area contributed by atoms with Crippen molar-refractivity contribution in [3.8, 4) is 11.8 Å². The van der Waals surface area contributed by atoms with E-state index >= 15 is 0 Å². The molecule has 0 amide bonds. The maximum absolute atomic E-state index is 13.0. The molecule has 0 atom stereocenters. The van der Waals surface area contributed by atoms with E-state index in [0.717, 1.165) is 17.8 Å². The number of hydrogen-bond acceptors (Lipinski definition) is 2. The molecule has 0 aliphatic carbocycles. The van der Waals surface area contributed by atoms with Gasteiger partial charge in [0.05, 0.1) is 17.2 Å². The zero-order valence-corrected chi connectivity index (χ0v) is 12.1. The molecule has 1 N–H and O–H groups in total. The number of nitrogens with one attached hydrogen (secondary N) is 1. The van der Waals surface area contributed by atoms with Crippen LogP contribution in [0.5, 0.6) is 0 Å². The standard InChI is InChI=1S/C14H12F3N3S/c1-8(2)12-7-19-13(21)20(12)10-4-3-9(6-18)11(5-10)14(15,16)17/h3-5,7-8H,1-2H3,(H,19,21). The first kappa shape index (κ1) is 15.3. The van der Waals surface area contributed by atoms with Crippen LogP contribution >= 0.6 is 12.2 Å². The topological polar surface area (TPSA) is 44.5 Å². The van der Waals surface area contributed by atoms with E-state index in [-0.39, 0.29) is 11.6 Å². The summed E-state index contributed by atoms with van der Waals surface area (Å²) in [5.74, 6) is 0.0860. The maximum atomic E-state index is 13.0. The number of alkyl halides is 3. The van der Waals surface area contributed by atoms with Crippen LogP contribution in [0.15, 0.2) is 24.4 Å². The minimum Gasteiger partial charge on any atom is -0.337 e. The number of benzene rings is 1. The number of nitrogens with zero attached hydrogens (tertiary/aromatic N) is 2. The van der Waals surface area contributed by atoms with Gasteiger partial charge in [0.2, 0.25) is 0 Å². The van der Waals surface area contributed by atoms with Gasteiger partial charge in [0.25, 0.3) is 0 Å². The third kappa shape index (κ3) is 2.85. The van der Waals surface area contributed by atoms with Gasteiger partial charge in [-0.2, -0.15) is 18.4 Å². The third-order valence-electron chi connectivity index (χ3n) is 3.08. The molecule has 0 radical (unpaired) electrons. The van der Waals surface area contributed by atoms with E-state index in [9.17, 15) is 13.2 Å². The van der Waals surface area contributed by atoms with Crippen LogP contribution in [0, 0.1) is 16.1 Å². The Labute approximate surface area is 124 Å². The first-order chi connectivity index (χ1) is 9.75. The minimum atomic E-state index is -4.59.